The Morgan fingerprint density at radius 2 is 1.48 bits per heavy atom. The quantitative estimate of drug-likeness (QED) is 0.825. The van der Waals surface area contributed by atoms with Crippen molar-refractivity contribution in [1.29, 1.82) is 0 Å². The molecule has 6 heteroatoms. The first-order valence-corrected chi connectivity index (χ1v) is 9.96. The molecule has 2 aromatic rings. The van der Waals surface area contributed by atoms with Crippen LogP contribution >= 0.6 is 0 Å². The molecule has 0 aliphatic heterocycles. The number of sulfonamides is 1. The van der Waals surface area contributed by atoms with E-state index in [1.165, 1.54) is 10.6 Å². The minimum atomic E-state index is -3.36. The van der Waals surface area contributed by atoms with Crippen LogP contribution in [0.4, 0.5) is 0 Å². The van der Waals surface area contributed by atoms with Crippen LogP contribution in [-0.4, -0.2) is 38.0 Å². The number of aryl methyl sites for hydroxylation is 2. The second kappa shape index (κ2) is 8.27. The van der Waals surface area contributed by atoms with Gasteiger partial charge in [-0.1, -0.05) is 47.5 Å². The molecule has 2 aromatic carbocycles. The predicted octanol–water partition coefficient (Wildman–Crippen LogP) is 2.50. The molecule has 5 nitrogen and oxygen atoms in total. The normalized spacial score (nSPS) is 11.5. The molecule has 0 heterocycles. The van der Waals surface area contributed by atoms with E-state index in [1.54, 1.807) is 12.1 Å². The summed E-state index contributed by atoms with van der Waals surface area (Å²) >= 11 is 0. The summed E-state index contributed by atoms with van der Waals surface area (Å²) in [5, 5.41) is 2.77. The van der Waals surface area contributed by atoms with Gasteiger partial charge in [0.2, 0.25) is 10.0 Å². The fourth-order valence-electron chi connectivity index (χ4n) is 2.36. The number of carbonyl (C=O) groups excluding carboxylic acids is 1. The lowest BCUT2D eigenvalue weighted by Gasteiger charge is -2.20. The Hall–Kier alpha value is -2.18. The van der Waals surface area contributed by atoms with E-state index in [4.69, 9.17) is 0 Å². The van der Waals surface area contributed by atoms with E-state index >= 15 is 0 Å². The van der Waals surface area contributed by atoms with Crippen LogP contribution in [0.15, 0.2) is 48.5 Å². The number of amides is 1. The highest BCUT2D eigenvalue weighted by molar-refractivity contribution is 7.88. The first-order chi connectivity index (χ1) is 11.8. The van der Waals surface area contributed by atoms with Crippen molar-refractivity contribution in [3.63, 3.8) is 0 Å². The van der Waals surface area contributed by atoms with Gasteiger partial charge in [-0.15, -0.1) is 0 Å². The molecule has 0 fully saturated rings. The smallest absolute Gasteiger partial charge is 0.251 e. The van der Waals surface area contributed by atoms with Gasteiger partial charge in [-0.25, -0.2) is 8.42 Å². The lowest BCUT2D eigenvalue weighted by Crippen LogP contribution is -2.37. The molecule has 0 aromatic heterocycles. The van der Waals surface area contributed by atoms with Gasteiger partial charge < -0.3 is 5.32 Å². The maximum Gasteiger partial charge on any atom is 0.251 e. The van der Waals surface area contributed by atoms with Crippen LogP contribution in [0.1, 0.15) is 27.0 Å². The molecule has 2 rings (SSSR count). The van der Waals surface area contributed by atoms with Crippen molar-refractivity contribution in [3.05, 3.63) is 70.8 Å². The molecule has 0 bridgehead atoms. The molecule has 1 amide bonds. The lowest BCUT2D eigenvalue weighted by molar-refractivity contribution is 0.0951. The summed E-state index contributed by atoms with van der Waals surface area (Å²) in [6, 6.07) is 15.0. The van der Waals surface area contributed by atoms with E-state index in [2.05, 4.69) is 5.32 Å². The van der Waals surface area contributed by atoms with Crippen LogP contribution in [0.25, 0.3) is 0 Å². The Morgan fingerprint density at radius 1 is 0.960 bits per heavy atom. The summed E-state index contributed by atoms with van der Waals surface area (Å²) in [7, 11) is -3.36. The van der Waals surface area contributed by atoms with E-state index < -0.39 is 10.0 Å². The number of benzene rings is 2. The topological polar surface area (TPSA) is 66.5 Å². The van der Waals surface area contributed by atoms with E-state index in [0.29, 0.717) is 12.1 Å². The van der Waals surface area contributed by atoms with Crippen LogP contribution in [0.5, 0.6) is 0 Å². The number of nitrogens with zero attached hydrogens (tertiary/aromatic N) is 1. The van der Waals surface area contributed by atoms with Crippen molar-refractivity contribution in [1.82, 2.24) is 9.62 Å². The van der Waals surface area contributed by atoms with Gasteiger partial charge in [-0.3, -0.25) is 4.79 Å². The molecule has 0 aliphatic carbocycles. The molecular formula is C19H24N2O3S. The number of rotatable bonds is 7. The molecule has 0 unspecified atom stereocenters. The zero-order chi connectivity index (χ0) is 18.4. The van der Waals surface area contributed by atoms with E-state index in [9.17, 15) is 13.2 Å². The van der Waals surface area contributed by atoms with Crippen LogP contribution in [0, 0.1) is 13.8 Å². The van der Waals surface area contributed by atoms with Crippen molar-refractivity contribution in [2.45, 2.75) is 20.4 Å². The average molecular weight is 360 g/mol. The van der Waals surface area contributed by atoms with Crippen LogP contribution < -0.4 is 5.32 Å². The molecule has 0 saturated carbocycles. The monoisotopic (exact) mass is 360 g/mol. The maximum absolute atomic E-state index is 12.1. The Kier molecular flexibility index (Phi) is 6.33. The van der Waals surface area contributed by atoms with Gasteiger partial charge in [-0.2, -0.15) is 4.31 Å². The fourth-order valence-corrected chi connectivity index (χ4v) is 3.17. The van der Waals surface area contributed by atoms with Gasteiger partial charge in [0.05, 0.1) is 6.26 Å². The minimum Gasteiger partial charge on any atom is -0.351 e. The molecule has 25 heavy (non-hydrogen) atoms. The Bertz CT molecular complexity index is 813. The first kappa shape index (κ1) is 19.1. The molecule has 0 spiro atoms. The third kappa shape index (κ3) is 5.99. The van der Waals surface area contributed by atoms with Gasteiger partial charge in [0, 0.05) is 25.2 Å². The number of hydrogen-bond donors (Lipinski definition) is 1. The first-order valence-electron chi connectivity index (χ1n) is 8.11. The molecule has 134 valence electrons. The van der Waals surface area contributed by atoms with Crippen molar-refractivity contribution >= 4 is 15.9 Å². The average Bonchev–Trinajstić information content (AvgIpc) is 2.55. The zero-order valence-electron chi connectivity index (χ0n) is 14.8. The molecule has 0 atom stereocenters. The zero-order valence-corrected chi connectivity index (χ0v) is 15.6. The third-order valence-electron chi connectivity index (χ3n) is 3.91. The fraction of sp³-hybridized carbons (Fsp3) is 0.316. The van der Waals surface area contributed by atoms with Gasteiger partial charge in [0.15, 0.2) is 0 Å². The standard InChI is InChI=1S/C19H24N2O3S/c1-15-4-8-17(9-5-15)14-21(25(3,23)24)13-12-20-19(22)18-10-6-16(2)7-11-18/h4-11H,12-14H2,1-3H3,(H,20,22). The van der Waals surface area contributed by atoms with Crippen molar-refractivity contribution in [3.8, 4) is 0 Å². The van der Waals surface area contributed by atoms with Crippen molar-refractivity contribution < 1.29 is 13.2 Å². The van der Waals surface area contributed by atoms with Crippen molar-refractivity contribution in [2.24, 2.45) is 0 Å². The summed E-state index contributed by atoms with van der Waals surface area (Å²) in [6.45, 7) is 4.71. The molecule has 0 aliphatic rings. The number of hydrogen-bond acceptors (Lipinski definition) is 3. The molecule has 0 saturated heterocycles. The van der Waals surface area contributed by atoms with Gasteiger partial charge >= 0.3 is 0 Å². The van der Waals surface area contributed by atoms with E-state index in [1.807, 2.05) is 50.2 Å². The second-order valence-corrected chi connectivity index (χ2v) is 8.19. The summed E-state index contributed by atoms with van der Waals surface area (Å²) < 4.78 is 25.4. The minimum absolute atomic E-state index is 0.205. The Balaban J connectivity index is 1.95. The molecule has 0 radical (unpaired) electrons. The second-order valence-electron chi connectivity index (χ2n) is 6.20. The van der Waals surface area contributed by atoms with Crippen LogP contribution in [0.3, 0.4) is 0 Å². The van der Waals surface area contributed by atoms with Gasteiger partial charge in [-0.05, 0) is 31.5 Å². The van der Waals surface area contributed by atoms with Crippen LogP contribution in [0.2, 0.25) is 0 Å². The van der Waals surface area contributed by atoms with E-state index in [0.717, 1.165) is 16.7 Å². The molecular weight excluding hydrogens is 336 g/mol. The summed E-state index contributed by atoms with van der Waals surface area (Å²) in [5.74, 6) is -0.205. The highest BCUT2D eigenvalue weighted by atomic mass is 32.2. The summed E-state index contributed by atoms with van der Waals surface area (Å²) in [6.07, 6.45) is 1.18. The summed E-state index contributed by atoms with van der Waals surface area (Å²) in [5.41, 5.74) is 3.69. The number of carbonyl (C=O) groups is 1. The Labute approximate surface area is 149 Å². The SMILES string of the molecule is Cc1ccc(CN(CCNC(=O)c2ccc(C)cc2)S(C)(=O)=O)cc1. The van der Waals surface area contributed by atoms with Gasteiger partial charge in [0.25, 0.3) is 5.91 Å². The Morgan fingerprint density at radius 3 is 2.00 bits per heavy atom. The predicted molar refractivity (Wildman–Crippen MR) is 99.9 cm³/mol. The van der Waals surface area contributed by atoms with E-state index in [-0.39, 0.29) is 19.0 Å². The van der Waals surface area contributed by atoms with Crippen LogP contribution in [-0.2, 0) is 16.6 Å². The van der Waals surface area contributed by atoms with Crippen molar-refractivity contribution in [2.75, 3.05) is 19.3 Å². The highest BCUT2D eigenvalue weighted by Gasteiger charge is 2.17. The van der Waals surface area contributed by atoms with Gasteiger partial charge in [0.1, 0.15) is 0 Å². The molecule has 1 N–H and O–H groups in total. The lowest BCUT2D eigenvalue weighted by atomic mass is 10.1. The maximum atomic E-state index is 12.1. The highest BCUT2D eigenvalue weighted by Crippen LogP contribution is 2.09. The third-order valence-corrected chi connectivity index (χ3v) is 5.16. The number of nitrogens with one attached hydrogen (secondary N) is 1. The summed E-state index contributed by atoms with van der Waals surface area (Å²) in [4.78, 5) is 12.1. The largest absolute Gasteiger partial charge is 0.351 e.